The molecule has 1 amide bonds. The van der Waals surface area contributed by atoms with Gasteiger partial charge in [0.25, 0.3) is 0 Å². The Morgan fingerprint density at radius 2 is 1.79 bits per heavy atom. The minimum absolute atomic E-state index is 0.0522. The summed E-state index contributed by atoms with van der Waals surface area (Å²) in [5.74, 6) is 0.348. The molecular formula is C26H34N3O5+. The standard InChI is InChI=1S/C26H33N3O5/c1-17-13-20(14-18(2)27-17)28-11-9-21(10-12-28)29(3,25(30)16-33-4)24-8-6-19-5-7-22(15-23(19)24)34-26(31)32/h5,7,13-15,21,24H,6,8-12,16H2,1-4H3/p+1. The second-order valence-electron chi connectivity index (χ2n) is 9.58. The lowest BCUT2D eigenvalue weighted by molar-refractivity contribution is -0.892. The number of likely N-dealkylation sites (N-methyl/N-ethyl adjacent to an activating group) is 1. The largest absolute Gasteiger partial charge is 0.511 e. The Balaban J connectivity index is 1.61. The monoisotopic (exact) mass is 468 g/mol. The van der Waals surface area contributed by atoms with Crippen molar-refractivity contribution < 1.29 is 28.7 Å². The van der Waals surface area contributed by atoms with E-state index >= 15 is 0 Å². The molecule has 2 atom stereocenters. The van der Waals surface area contributed by atoms with Crippen LogP contribution in [0.15, 0.2) is 30.3 Å². The molecule has 182 valence electrons. The fourth-order valence-electron chi connectivity index (χ4n) is 5.83. The third-order valence-corrected chi connectivity index (χ3v) is 7.48. The fraction of sp³-hybridized carbons (Fsp3) is 0.500. The number of piperidine rings is 1. The van der Waals surface area contributed by atoms with Gasteiger partial charge in [0.15, 0.2) is 6.61 Å². The van der Waals surface area contributed by atoms with Gasteiger partial charge in [-0.3, -0.25) is 9.47 Å². The van der Waals surface area contributed by atoms with Crippen LogP contribution >= 0.6 is 0 Å². The summed E-state index contributed by atoms with van der Waals surface area (Å²) in [5, 5.41) is 9.05. The molecule has 0 saturated carbocycles. The highest BCUT2D eigenvalue weighted by atomic mass is 16.7. The van der Waals surface area contributed by atoms with Crippen molar-refractivity contribution in [3.05, 3.63) is 52.8 Å². The van der Waals surface area contributed by atoms with Crippen molar-refractivity contribution in [3.63, 3.8) is 0 Å². The van der Waals surface area contributed by atoms with E-state index in [4.69, 9.17) is 14.6 Å². The predicted molar refractivity (Wildman–Crippen MR) is 128 cm³/mol. The average molecular weight is 469 g/mol. The van der Waals surface area contributed by atoms with Crippen LogP contribution in [0.3, 0.4) is 0 Å². The van der Waals surface area contributed by atoms with Crippen LogP contribution in [0.1, 0.15) is 47.8 Å². The van der Waals surface area contributed by atoms with Gasteiger partial charge >= 0.3 is 12.1 Å². The van der Waals surface area contributed by atoms with Crippen molar-refractivity contribution >= 4 is 17.7 Å². The molecule has 2 aliphatic rings. The lowest BCUT2D eigenvalue weighted by atomic mass is 9.94. The van der Waals surface area contributed by atoms with Gasteiger partial charge in [-0.05, 0) is 50.1 Å². The summed E-state index contributed by atoms with van der Waals surface area (Å²) < 4.78 is 10.5. The van der Waals surface area contributed by atoms with Crippen LogP contribution in [0.5, 0.6) is 5.75 Å². The number of hydrogen-bond donors (Lipinski definition) is 1. The fourth-order valence-corrected chi connectivity index (χ4v) is 5.83. The van der Waals surface area contributed by atoms with Crippen LogP contribution in [-0.2, 0) is 16.0 Å². The number of carbonyl (C=O) groups excluding carboxylic acids is 1. The highest BCUT2D eigenvalue weighted by Gasteiger charge is 2.50. The number of benzene rings is 1. The molecule has 4 rings (SSSR count). The third kappa shape index (κ3) is 4.65. The summed E-state index contributed by atoms with van der Waals surface area (Å²) in [7, 11) is 3.59. The van der Waals surface area contributed by atoms with Gasteiger partial charge in [0.1, 0.15) is 11.8 Å². The zero-order valence-electron chi connectivity index (χ0n) is 20.4. The van der Waals surface area contributed by atoms with Crippen molar-refractivity contribution in [3.8, 4) is 5.75 Å². The molecule has 1 aliphatic carbocycles. The molecule has 1 aromatic heterocycles. The number of aromatic nitrogens is 1. The molecule has 1 fully saturated rings. The second kappa shape index (κ2) is 9.72. The van der Waals surface area contributed by atoms with Crippen molar-refractivity contribution in [2.45, 2.75) is 51.6 Å². The maximum Gasteiger partial charge on any atom is 0.511 e. The number of rotatable bonds is 6. The van der Waals surface area contributed by atoms with E-state index in [1.165, 1.54) is 5.69 Å². The predicted octanol–water partition coefficient (Wildman–Crippen LogP) is 4.03. The Morgan fingerprint density at radius 3 is 2.41 bits per heavy atom. The lowest BCUT2D eigenvalue weighted by Crippen LogP contribution is -2.61. The first-order chi connectivity index (χ1) is 16.2. The number of aryl methyl sites for hydroxylation is 3. The number of pyridine rings is 1. The van der Waals surface area contributed by atoms with Crippen molar-refractivity contribution in [2.75, 3.05) is 38.8 Å². The lowest BCUT2D eigenvalue weighted by Gasteiger charge is -2.47. The van der Waals surface area contributed by atoms with Gasteiger partial charge in [-0.15, -0.1) is 0 Å². The van der Waals surface area contributed by atoms with Gasteiger partial charge in [-0.2, -0.15) is 0 Å². The van der Waals surface area contributed by atoms with Gasteiger partial charge in [-0.1, -0.05) is 6.07 Å². The highest BCUT2D eigenvalue weighted by Crippen LogP contribution is 2.44. The van der Waals surface area contributed by atoms with E-state index in [0.717, 1.165) is 61.3 Å². The molecular weight excluding hydrogens is 434 g/mol. The molecule has 8 nitrogen and oxygen atoms in total. The van der Waals surface area contributed by atoms with E-state index in [9.17, 15) is 9.59 Å². The van der Waals surface area contributed by atoms with Crippen LogP contribution in [0.25, 0.3) is 0 Å². The van der Waals surface area contributed by atoms with E-state index < -0.39 is 6.16 Å². The summed E-state index contributed by atoms with van der Waals surface area (Å²) in [6.07, 6.45) is 2.11. The molecule has 2 unspecified atom stereocenters. The number of hydrogen-bond acceptors (Lipinski definition) is 6. The number of carboxylic acid groups (broad SMARTS) is 1. The smallest absolute Gasteiger partial charge is 0.449 e. The van der Waals surface area contributed by atoms with Gasteiger partial charge in [0, 0.05) is 62.1 Å². The van der Waals surface area contributed by atoms with E-state index in [0.29, 0.717) is 5.75 Å². The van der Waals surface area contributed by atoms with Gasteiger partial charge in [0.2, 0.25) is 0 Å². The summed E-state index contributed by atoms with van der Waals surface area (Å²) in [4.78, 5) is 31.5. The second-order valence-corrected chi connectivity index (χ2v) is 9.58. The highest BCUT2D eigenvalue weighted by molar-refractivity contribution is 5.71. The average Bonchev–Trinajstić information content (AvgIpc) is 3.21. The van der Waals surface area contributed by atoms with Crippen LogP contribution < -0.4 is 9.64 Å². The topological polar surface area (TPSA) is 89.0 Å². The number of nitrogens with zero attached hydrogens (tertiary/aromatic N) is 3. The normalized spacial score (nSPS) is 20.0. The number of ether oxygens (including phenoxy) is 2. The van der Waals surface area contributed by atoms with Crippen molar-refractivity contribution in [1.29, 1.82) is 0 Å². The minimum Gasteiger partial charge on any atom is -0.449 e. The molecule has 1 aliphatic heterocycles. The summed E-state index contributed by atoms with van der Waals surface area (Å²) in [5.41, 5.74) is 5.36. The van der Waals surface area contributed by atoms with E-state index in [1.807, 2.05) is 27.0 Å². The Bertz CT molecular complexity index is 1060. The zero-order chi connectivity index (χ0) is 24.5. The number of amides is 1. The SMILES string of the molecule is COCC(=O)[N+](C)(C1CCN(c2cc(C)nc(C)c2)CC1)C1CCc2ccc(OC(=O)O)cc21. The van der Waals surface area contributed by atoms with Gasteiger partial charge < -0.3 is 19.5 Å². The summed E-state index contributed by atoms with van der Waals surface area (Å²) in [6.45, 7) is 5.81. The number of quaternary nitrogens is 1. The maximum absolute atomic E-state index is 13.6. The molecule has 2 heterocycles. The molecule has 8 heteroatoms. The number of carbonyl (C=O) groups is 2. The summed E-state index contributed by atoms with van der Waals surface area (Å²) in [6, 6.07) is 9.74. The number of anilines is 1. The van der Waals surface area contributed by atoms with Crippen LogP contribution in [-0.4, -0.2) is 66.5 Å². The quantitative estimate of drug-likeness (QED) is 0.389. The van der Waals surface area contributed by atoms with Crippen LogP contribution in [0, 0.1) is 13.8 Å². The van der Waals surface area contributed by atoms with E-state index in [2.05, 4.69) is 22.0 Å². The first-order valence-corrected chi connectivity index (χ1v) is 11.8. The first-order valence-electron chi connectivity index (χ1n) is 11.8. The number of methoxy groups -OCH3 is 1. The third-order valence-electron chi connectivity index (χ3n) is 7.48. The van der Waals surface area contributed by atoms with E-state index in [-0.39, 0.29) is 29.1 Å². The molecule has 1 saturated heterocycles. The zero-order valence-corrected chi connectivity index (χ0v) is 20.4. The Labute approximate surface area is 200 Å². The maximum atomic E-state index is 13.6. The number of fused-ring (bicyclic) bond motifs is 1. The Morgan fingerprint density at radius 1 is 1.12 bits per heavy atom. The Hall–Kier alpha value is -2.97. The molecule has 0 bridgehead atoms. The Kier molecular flexibility index (Phi) is 6.91. The first kappa shape index (κ1) is 24.2. The van der Waals surface area contributed by atoms with E-state index in [1.54, 1.807) is 19.2 Å². The molecule has 0 spiro atoms. The molecule has 1 N–H and O–H groups in total. The molecule has 34 heavy (non-hydrogen) atoms. The molecule has 1 aromatic carbocycles. The minimum atomic E-state index is -1.34. The van der Waals surface area contributed by atoms with Gasteiger partial charge in [-0.25, -0.2) is 9.59 Å². The van der Waals surface area contributed by atoms with Gasteiger partial charge in [0.05, 0.1) is 13.1 Å². The molecule has 2 aromatic rings. The summed E-state index contributed by atoms with van der Waals surface area (Å²) >= 11 is 0. The van der Waals surface area contributed by atoms with Crippen molar-refractivity contribution in [1.82, 2.24) is 4.98 Å². The van der Waals surface area contributed by atoms with Crippen LogP contribution in [0.2, 0.25) is 0 Å². The van der Waals surface area contributed by atoms with Crippen molar-refractivity contribution in [2.24, 2.45) is 0 Å². The van der Waals surface area contributed by atoms with Crippen LogP contribution in [0.4, 0.5) is 10.5 Å². The molecule has 0 radical (unpaired) electrons.